The van der Waals surface area contributed by atoms with Gasteiger partial charge in [0.15, 0.2) is 0 Å². The van der Waals surface area contributed by atoms with Crippen LogP contribution >= 0.6 is 11.6 Å². The van der Waals surface area contributed by atoms with Crippen LogP contribution in [0.4, 0.5) is 5.82 Å². The summed E-state index contributed by atoms with van der Waals surface area (Å²) in [5, 5.41) is 12.7. The van der Waals surface area contributed by atoms with Gasteiger partial charge in [0, 0.05) is 18.8 Å². The van der Waals surface area contributed by atoms with Crippen LogP contribution in [-0.2, 0) is 11.2 Å². The summed E-state index contributed by atoms with van der Waals surface area (Å²) in [6.45, 7) is 0.690. The quantitative estimate of drug-likeness (QED) is 0.844. The van der Waals surface area contributed by atoms with Crippen molar-refractivity contribution < 1.29 is 9.90 Å². The van der Waals surface area contributed by atoms with Gasteiger partial charge in [0.2, 0.25) is 5.91 Å². The molecule has 0 spiro atoms. The highest BCUT2D eigenvalue weighted by Gasteiger charge is 2.28. The fourth-order valence-electron chi connectivity index (χ4n) is 3.20. The van der Waals surface area contributed by atoms with Gasteiger partial charge in [-0.2, -0.15) is 0 Å². The number of hydrogen-bond acceptors (Lipinski definition) is 4. The van der Waals surface area contributed by atoms with Gasteiger partial charge in [0.05, 0.1) is 18.2 Å². The van der Waals surface area contributed by atoms with Crippen molar-refractivity contribution in [2.24, 2.45) is 0 Å². The number of aromatic nitrogens is 1. The molecule has 1 aromatic heterocycles. The zero-order chi connectivity index (χ0) is 16.9. The number of halogens is 1. The van der Waals surface area contributed by atoms with Crippen LogP contribution in [0.5, 0.6) is 0 Å². The lowest BCUT2D eigenvalue weighted by atomic mass is 10.1. The third kappa shape index (κ3) is 3.93. The molecule has 0 bridgehead atoms. The lowest BCUT2D eigenvalue weighted by Crippen LogP contribution is -2.37. The molecule has 3 rings (SSSR count). The molecular formula is C18H20ClN3O2. The van der Waals surface area contributed by atoms with E-state index in [-0.39, 0.29) is 25.1 Å². The zero-order valence-corrected chi connectivity index (χ0v) is 14.0. The third-order valence-electron chi connectivity index (χ3n) is 4.27. The number of carbonyl (C=O) groups is 1. The van der Waals surface area contributed by atoms with Gasteiger partial charge in [0.1, 0.15) is 5.82 Å². The summed E-state index contributed by atoms with van der Waals surface area (Å²) < 4.78 is 0. The molecule has 1 unspecified atom stereocenters. The maximum absolute atomic E-state index is 12.3. The van der Waals surface area contributed by atoms with E-state index in [9.17, 15) is 9.90 Å². The molecule has 1 amide bonds. The van der Waals surface area contributed by atoms with Crippen LogP contribution in [0.25, 0.3) is 0 Å². The van der Waals surface area contributed by atoms with E-state index in [1.54, 1.807) is 12.1 Å². The predicted molar refractivity (Wildman–Crippen MR) is 94.0 cm³/mol. The molecule has 2 N–H and O–H groups in total. The number of nitrogens with zero attached hydrogens (tertiary/aromatic N) is 2. The smallest absolute Gasteiger partial charge is 0.239 e. The van der Waals surface area contributed by atoms with Gasteiger partial charge in [0.25, 0.3) is 0 Å². The molecule has 0 aliphatic heterocycles. The maximum Gasteiger partial charge on any atom is 0.239 e. The highest BCUT2D eigenvalue weighted by molar-refractivity contribution is 6.30. The SMILES string of the molecule is O=C(CN(CCO)C1CCc2ccccc21)Nc1ccc(Cl)cn1. The van der Waals surface area contributed by atoms with Crippen LogP contribution in [0.2, 0.25) is 5.02 Å². The van der Waals surface area contributed by atoms with E-state index in [1.165, 1.54) is 17.3 Å². The first kappa shape index (κ1) is 16.9. The number of aliphatic hydroxyl groups excluding tert-OH is 1. The number of benzene rings is 1. The van der Waals surface area contributed by atoms with E-state index in [2.05, 4.69) is 22.4 Å². The molecule has 0 saturated heterocycles. The Bertz CT molecular complexity index is 706. The van der Waals surface area contributed by atoms with Gasteiger partial charge in [-0.15, -0.1) is 0 Å². The summed E-state index contributed by atoms with van der Waals surface area (Å²) in [6, 6.07) is 11.8. The van der Waals surface area contributed by atoms with Crippen molar-refractivity contribution in [2.75, 3.05) is 25.0 Å². The van der Waals surface area contributed by atoms with Crippen molar-refractivity contribution in [3.05, 3.63) is 58.7 Å². The minimum absolute atomic E-state index is 0.0190. The second-order valence-corrected chi connectivity index (χ2v) is 6.29. The van der Waals surface area contributed by atoms with Crippen molar-refractivity contribution in [1.82, 2.24) is 9.88 Å². The van der Waals surface area contributed by atoms with Gasteiger partial charge in [-0.25, -0.2) is 4.98 Å². The van der Waals surface area contributed by atoms with E-state index in [0.29, 0.717) is 17.4 Å². The predicted octanol–water partition coefficient (Wildman–Crippen LogP) is 2.66. The Morgan fingerprint density at radius 2 is 2.17 bits per heavy atom. The highest BCUT2D eigenvalue weighted by Crippen LogP contribution is 2.35. The monoisotopic (exact) mass is 345 g/mol. The Morgan fingerprint density at radius 3 is 2.92 bits per heavy atom. The number of anilines is 1. The molecule has 2 aromatic rings. The molecule has 5 nitrogen and oxygen atoms in total. The average molecular weight is 346 g/mol. The van der Waals surface area contributed by atoms with Crippen LogP contribution in [-0.4, -0.2) is 40.6 Å². The van der Waals surface area contributed by atoms with Gasteiger partial charge in [-0.1, -0.05) is 35.9 Å². The minimum atomic E-state index is -0.150. The first-order chi connectivity index (χ1) is 11.7. The molecule has 1 aromatic carbocycles. The number of nitrogens with one attached hydrogen (secondary N) is 1. The summed E-state index contributed by atoms with van der Waals surface area (Å²) in [5.74, 6) is 0.322. The number of aliphatic hydroxyl groups is 1. The highest BCUT2D eigenvalue weighted by atomic mass is 35.5. The van der Waals surface area contributed by atoms with Crippen LogP contribution in [0.1, 0.15) is 23.6 Å². The molecule has 1 aliphatic carbocycles. The van der Waals surface area contributed by atoms with E-state index >= 15 is 0 Å². The van der Waals surface area contributed by atoms with Crippen LogP contribution in [0.15, 0.2) is 42.6 Å². The molecule has 1 atom stereocenters. The maximum atomic E-state index is 12.3. The van der Waals surface area contributed by atoms with Gasteiger partial charge in [-0.3, -0.25) is 9.69 Å². The molecule has 126 valence electrons. The second kappa shape index (κ2) is 7.75. The van der Waals surface area contributed by atoms with Crippen molar-refractivity contribution in [3.63, 3.8) is 0 Å². The van der Waals surface area contributed by atoms with E-state index < -0.39 is 0 Å². The Kier molecular flexibility index (Phi) is 5.45. The van der Waals surface area contributed by atoms with E-state index in [1.807, 2.05) is 17.0 Å². The van der Waals surface area contributed by atoms with Crippen molar-refractivity contribution >= 4 is 23.3 Å². The summed E-state index contributed by atoms with van der Waals surface area (Å²) >= 11 is 5.80. The minimum Gasteiger partial charge on any atom is -0.395 e. The fourth-order valence-corrected chi connectivity index (χ4v) is 3.32. The van der Waals surface area contributed by atoms with Gasteiger partial charge >= 0.3 is 0 Å². The van der Waals surface area contributed by atoms with E-state index in [4.69, 9.17) is 11.6 Å². The largest absolute Gasteiger partial charge is 0.395 e. The molecule has 1 aliphatic rings. The topological polar surface area (TPSA) is 65.5 Å². The molecule has 6 heteroatoms. The number of pyridine rings is 1. The Balaban J connectivity index is 1.68. The summed E-state index contributed by atoms with van der Waals surface area (Å²) in [5.41, 5.74) is 2.58. The van der Waals surface area contributed by atoms with Crippen molar-refractivity contribution in [3.8, 4) is 0 Å². The summed E-state index contributed by atoms with van der Waals surface area (Å²) in [7, 11) is 0. The number of carbonyl (C=O) groups excluding carboxylic acids is 1. The number of hydrogen-bond donors (Lipinski definition) is 2. The van der Waals surface area contributed by atoms with E-state index in [0.717, 1.165) is 12.8 Å². The number of rotatable bonds is 6. The zero-order valence-electron chi connectivity index (χ0n) is 13.3. The van der Waals surface area contributed by atoms with Crippen molar-refractivity contribution in [1.29, 1.82) is 0 Å². The van der Waals surface area contributed by atoms with Crippen molar-refractivity contribution in [2.45, 2.75) is 18.9 Å². The fraction of sp³-hybridized carbons (Fsp3) is 0.333. The van der Waals surface area contributed by atoms with Gasteiger partial charge in [-0.05, 0) is 36.1 Å². The van der Waals surface area contributed by atoms with Crippen LogP contribution in [0.3, 0.4) is 0 Å². The lowest BCUT2D eigenvalue weighted by molar-refractivity contribution is -0.118. The number of aryl methyl sites for hydroxylation is 1. The first-order valence-corrected chi connectivity index (χ1v) is 8.39. The summed E-state index contributed by atoms with van der Waals surface area (Å²) in [6.07, 6.45) is 3.46. The molecule has 0 fully saturated rings. The molecular weight excluding hydrogens is 326 g/mol. The molecule has 24 heavy (non-hydrogen) atoms. The normalized spacial score (nSPS) is 16.2. The number of fused-ring (bicyclic) bond motifs is 1. The van der Waals surface area contributed by atoms with Gasteiger partial charge < -0.3 is 10.4 Å². The Hall–Kier alpha value is -1.95. The molecule has 0 saturated carbocycles. The first-order valence-electron chi connectivity index (χ1n) is 8.01. The Morgan fingerprint density at radius 1 is 1.33 bits per heavy atom. The number of amides is 1. The molecule has 0 radical (unpaired) electrons. The standard InChI is InChI=1S/C18H20ClN3O2/c19-14-6-8-17(20-11-14)21-18(24)12-22(9-10-23)16-7-5-13-3-1-2-4-15(13)16/h1-4,6,8,11,16,23H,5,7,9-10,12H2,(H,20,21,24). The van der Waals surface area contributed by atoms with Crippen LogP contribution < -0.4 is 5.32 Å². The molecule has 1 heterocycles. The lowest BCUT2D eigenvalue weighted by Gasteiger charge is -2.28. The Labute approximate surface area is 146 Å². The second-order valence-electron chi connectivity index (χ2n) is 5.86. The van der Waals surface area contributed by atoms with Crippen LogP contribution in [0, 0.1) is 0 Å². The summed E-state index contributed by atoms with van der Waals surface area (Å²) in [4.78, 5) is 18.4. The average Bonchev–Trinajstić information content (AvgIpc) is 3.00. The third-order valence-corrected chi connectivity index (χ3v) is 4.49.